The summed E-state index contributed by atoms with van der Waals surface area (Å²) in [6.07, 6.45) is 1.78. The zero-order valence-electron chi connectivity index (χ0n) is 10.4. The first kappa shape index (κ1) is 11.6. The Hall–Kier alpha value is -1.83. The van der Waals surface area contributed by atoms with Crippen LogP contribution in [0.25, 0.3) is 11.3 Å². The molecule has 1 N–H and O–H groups in total. The summed E-state index contributed by atoms with van der Waals surface area (Å²) in [4.78, 5) is 4.32. The Kier molecular flexibility index (Phi) is 2.88. The highest BCUT2D eigenvalue weighted by molar-refractivity contribution is 5.62. The zero-order valence-corrected chi connectivity index (χ0v) is 10.4. The molecule has 0 aliphatic rings. The molecule has 0 fully saturated rings. The Balaban J connectivity index is 2.53. The minimum absolute atomic E-state index is 0.0745. The molecule has 0 bridgehead atoms. The van der Waals surface area contributed by atoms with Crippen LogP contribution in [0.4, 0.5) is 0 Å². The molecule has 2 heteroatoms. The number of hydrogen-bond donors (Lipinski definition) is 1. The molecular formula is C15H17NO. The Bertz CT molecular complexity index is 512. The van der Waals surface area contributed by atoms with Gasteiger partial charge in [-0.05, 0) is 41.3 Å². The molecule has 88 valence electrons. The van der Waals surface area contributed by atoms with Crippen LogP contribution in [0.15, 0.2) is 42.6 Å². The van der Waals surface area contributed by atoms with Crippen LogP contribution in [-0.4, -0.2) is 10.1 Å². The van der Waals surface area contributed by atoms with E-state index in [1.807, 2.05) is 30.3 Å². The molecule has 2 nitrogen and oxygen atoms in total. The summed E-state index contributed by atoms with van der Waals surface area (Å²) in [6, 6.07) is 11.5. The van der Waals surface area contributed by atoms with E-state index in [1.165, 1.54) is 0 Å². The standard InChI is InChI=1S/C15H17NO/c1-15(2,3)12-10-11(7-8-14(12)17)13-6-4-5-9-16-13/h4-10,17H,1-3H3. The normalized spacial score (nSPS) is 11.5. The number of pyridine rings is 1. The van der Waals surface area contributed by atoms with Gasteiger partial charge in [-0.3, -0.25) is 4.98 Å². The average molecular weight is 227 g/mol. The number of aromatic hydroxyl groups is 1. The lowest BCUT2D eigenvalue weighted by Crippen LogP contribution is -2.11. The predicted molar refractivity (Wildman–Crippen MR) is 70.0 cm³/mol. The van der Waals surface area contributed by atoms with Gasteiger partial charge in [-0.2, -0.15) is 0 Å². The first-order chi connectivity index (χ1) is 7.98. The summed E-state index contributed by atoms with van der Waals surface area (Å²) in [5, 5.41) is 9.90. The maximum Gasteiger partial charge on any atom is 0.119 e. The Morgan fingerprint density at radius 3 is 2.41 bits per heavy atom. The lowest BCUT2D eigenvalue weighted by Gasteiger charge is -2.21. The topological polar surface area (TPSA) is 33.1 Å². The number of phenolic OH excluding ortho intramolecular Hbond substituents is 1. The summed E-state index contributed by atoms with van der Waals surface area (Å²) in [7, 11) is 0. The number of benzene rings is 1. The Morgan fingerprint density at radius 1 is 1.06 bits per heavy atom. The first-order valence-electron chi connectivity index (χ1n) is 5.73. The predicted octanol–water partition coefficient (Wildman–Crippen LogP) is 3.75. The third-order valence-electron chi connectivity index (χ3n) is 2.77. The molecule has 0 aliphatic carbocycles. The van der Waals surface area contributed by atoms with Crippen LogP contribution >= 0.6 is 0 Å². The van der Waals surface area contributed by atoms with Crippen molar-refractivity contribution >= 4 is 0 Å². The van der Waals surface area contributed by atoms with Crippen molar-refractivity contribution in [1.29, 1.82) is 0 Å². The van der Waals surface area contributed by atoms with Gasteiger partial charge in [0, 0.05) is 11.8 Å². The highest BCUT2D eigenvalue weighted by Gasteiger charge is 2.18. The van der Waals surface area contributed by atoms with E-state index < -0.39 is 0 Å². The van der Waals surface area contributed by atoms with E-state index in [0.717, 1.165) is 16.8 Å². The summed E-state index contributed by atoms with van der Waals surface area (Å²) in [5.74, 6) is 0.345. The maximum atomic E-state index is 9.90. The molecule has 0 aliphatic heterocycles. The molecule has 0 unspecified atom stereocenters. The summed E-state index contributed by atoms with van der Waals surface area (Å²) in [5.41, 5.74) is 2.83. The van der Waals surface area contributed by atoms with E-state index in [4.69, 9.17) is 0 Å². The van der Waals surface area contributed by atoms with E-state index in [2.05, 4.69) is 25.8 Å². The van der Waals surface area contributed by atoms with Gasteiger partial charge in [-0.15, -0.1) is 0 Å². The second-order valence-corrected chi connectivity index (χ2v) is 5.20. The Labute approximate surface area is 102 Å². The molecular weight excluding hydrogens is 210 g/mol. The molecule has 2 rings (SSSR count). The minimum atomic E-state index is -0.0745. The summed E-state index contributed by atoms with van der Waals surface area (Å²) < 4.78 is 0. The molecule has 0 spiro atoms. The van der Waals surface area contributed by atoms with E-state index in [-0.39, 0.29) is 5.41 Å². The fourth-order valence-electron chi connectivity index (χ4n) is 1.83. The van der Waals surface area contributed by atoms with Crippen LogP contribution in [0, 0.1) is 0 Å². The van der Waals surface area contributed by atoms with E-state index in [1.54, 1.807) is 12.3 Å². The quantitative estimate of drug-likeness (QED) is 0.804. The lowest BCUT2D eigenvalue weighted by atomic mass is 9.85. The maximum absolute atomic E-state index is 9.90. The molecule has 17 heavy (non-hydrogen) atoms. The van der Waals surface area contributed by atoms with Crippen molar-refractivity contribution in [3.8, 4) is 17.0 Å². The fourth-order valence-corrected chi connectivity index (χ4v) is 1.83. The van der Waals surface area contributed by atoms with Gasteiger partial charge in [0.25, 0.3) is 0 Å². The van der Waals surface area contributed by atoms with Gasteiger partial charge in [-0.1, -0.05) is 26.8 Å². The van der Waals surface area contributed by atoms with Crippen molar-refractivity contribution in [2.75, 3.05) is 0 Å². The number of nitrogens with zero attached hydrogens (tertiary/aromatic N) is 1. The number of phenols is 1. The molecule has 2 aromatic rings. The average Bonchev–Trinajstić information content (AvgIpc) is 2.29. The van der Waals surface area contributed by atoms with Gasteiger partial charge in [0.15, 0.2) is 0 Å². The van der Waals surface area contributed by atoms with Gasteiger partial charge < -0.3 is 5.11 Å². The van der Waals surface area contributed by atoms with Crippen molar-refractivity contribution in [3.63, 3.8) is 0 Å². The van der Waals surface area contributed by atoms with Crippen molar-refractivity contribution in [2.45, 2.75) is 26.2 Å². The third-order valence-corrected chi connectivity index (χ3v) is 2.77. The molecule has 0 atom stereocenters. The number of rotatable bonds is 1. The second kappa shape index (κ2) is 4.21. The first-order valence-corrected chi connectivity index (χ1v) is 5.73. The van der Waals surface area contributed by atoms with Gasteiger partial charge in [0.05, 0.1) is 5.69 Å². The van der Waals surface area contributed by atoms with Gasteiger partial charge in [-0.25, -0.2) is 0 Å². The van der Waals surface area contributed by atoms with E-state index >= 15 is 0 Å². The van der Waals surface area contributed by atoms with Crippen LogP contribution in [0.2, 0.25) is 0 Å². The zero-order chi connectivity index (χ0) is 12.5. The molecule has 0 amide bonds. The SMILES string of the molecule is CC(C)(C)c1cc(-c2ccccn2)ccc1O. The molecule has 1 aromatic carbocycles. The number of hydrogen-bond acceptors (Lipinski definition) is 2. The monoisotopic (exact) mass is 227 g/mol. The highest BCUT2D eigenvalue weighted by atomic mass is 16.3. The van der Waals surface area contributed by atoms with Gasteiger partial charge in [0.1, 0.15) is 5.75 Å². The van der Waals surface area contributed by atoms with E-state index in [9.17, 15) is 5.11 Å². The van der Waals surface area contributed by atoms with Crippen molar-refractivity contribution in [3.05, 3.63) is 48.2 Å². The van der Waals surface area contributed by atoms with Crippen LogP contribution in [-0.2, 0) is 5.41 Å². The van der Waals surface area contributed by atoms with Crippen LogP contribution in [0.1, 0.15) is 26.3 Å². The lowest BCUT2D eigenvalue weighted by molar-refractivity contribution is 0.447. The van der Waals surface area contributed by atoms with Crippen molar-refractivity contribution in [2.24, 2.45) is 0 Å². The Morgan fingerprint density at radius 2 is 1.82 bits per heavy atom. The molecule has 0 saturated heterocycles. The number of aromatic nitrogens is 1. The molecule has 1 aromatic heterocycles. The van der Waals surface area contributed by atoms with Crippen molar-refractivity contribution < 1.29 is 5.11 Å². The summed E-state index contributed by atoms with van der Waals surface area (Å²) >= 11 is 0. The smallest absolute Gasteiger partial charge is 0.119 e. The third kappa shape index (κ3) is 2.47. The molecule has 0 saturated carbocycles. The molecule has 1 heterocycles. The summed E-state index contributed by atoms with van der Waals surface area (Å²) in [6.45, 7) is 6.26. The minimum Gasteiger partial charge on any atom is -0.508 e. The van der Waals surface area contributed by atoms with Crippen LogP contribution in [0.3, 0.4) is 0 Å². The highest BCUT2D eigenvalue weighted by Crippen LogP contribution is 2.33. The molecule has 0 radical (unpaired) electrons. The van der Waals surface area contributed by atoms with E-state index in [0.29, 0.717) is 5.75 Å². The van der Waals surface area contributed by atoms with Crippen LogP contribution < -0.4 is 0 Å². The van der Waals surface area contributed by atoms with Gasteiger partial charge in [0.2, 0.25) is 0 Å². The largest absolute Gasteiger partial charge is 0.508 e. The fraction of sp³-hybridized carbons (Fsp3) is 0.267. The van der Waals surface area contributed by atoms with Crippen molar-refractivity contribution in [1.82, 2.24) is 4.98 Å². The second-order valence-electron chi connectivity index (χ2n) is 5.20. The van der Waals surface area contributed by atoms with Crippen LogP contribution in [0.5, 0.6) is 5.75 Å². The van der Waals surface area contributed by atoms with Gasteiger partial charge >= 0.3 is 0 Å².